The Hall–Kier alpha value is -4.59. The molecule has 0 atom stereocenters. The highest BCUT2D eigenvalue weighted by atomic mass is 16.5. The molecule has 3 amide bonds. The molecule has 0 aliphatic carbocycles. The average Bonchev–Trinajstić information content (AvgIpc) is 3.37. The molecular formula is C31H35N5O3. The monoisotopic (exact) mass is 525 g/mol. The van der Waals surface area contributed by atoms with Crippen LogP contribution >= 0.6 is 0 Å². The smallest absolute Gasteiger partial charge is 0.322 e. The minimum atomic E-state index is -0.309. The summed E-state index contributed by atoms with van der Waals surface area (Å²) >= 11 is 0. The molecule has 202 valence electrons. The number of benzene rings is 3. The number of carbonyl (C=O) groups excluding carboxylic acids is 2. The van der Waals surface area contributed by atoms with Crippen molar-refractivity contribution in [2.75, 3.05) is 30.8 Å². The lowest BCUT2D eigenvalue weighted by Crippen LogP contribution is -2.41. The van der Waals surface area contributed by atoms with Crippen LogP contribution in [0.4, 0.5) is 16.3 Å². The number of nitrogens with one attached hydrogen (secondary N) is 2. The Bertz CT molecular complexity index is 1410. The number of urea groups is 1. The molecule has 0 aliphatic heterocycles. The number of unbranched alkanes of at least 4 members (excludes halogenated alkanes) is 1. The van der Waals surface area contributed by atoms with Gasteiger partial charge in [0.2, 0.25) is 5.91 Å². The van der Waals surface area contributed by atoms with Gasteiger partial charge in [0, 0.05) is 23.9 Å². The topological polar surface area (TPSA) is 88.5 Å². The summed E-state index contributed by atoms with van der Waals surface area (Å²) in [6.45, 7) is 6.40. The van der Waals surface area contributed by atoms with Gasteiger partial charge < -0.3 is 20.3 Å². The molecular weight excluding hydrogens is 490 g/mol. The Morgan fingerprint density at radius 1 is 0.949 bits per heavy atom. The van der Waals surface area contributed by atoms with E-state index in [0.29, 0.717) is 12.4 Å². The molecule has 1 aromatic heterocycles. The van der Waals surface area contributed by atoms with E-state index in [0.717, 1.165) is 52.4 Å². The highest BCUT2D eigenvalue weighted by molar-refractivity contribution is 5.97. The van der Waals surface area contributed by atoms with Crippen molar-refractivity contribution >= 4 is 23.4 Å². The zero-order valence-electron chi connectivity index (χ0n) is 22.9. The van der Waals surface area contributed by atoms with Crippen molar-refractivity contribution in [3.05, 3.63) is 90.0 Å². The fourth-order valence-corrected chi connectivity index (χ4v) is 4.18. The standard InChI is InChI=1S/C31H35N5O3/c1-5-6-19-35(31(38)32-27-14-10-11-22(2)23(27)3)21-30(37)33-29-20-28(24-12-8-7-9-13-24)34-36(29)25-15-17-26(39-4)18-16-25/h7-18,20H,5-6,19,21H2,1-4H3,(H,32,38)(H,33,37). The van der Waals surface area contributed by atoms with Crippen LogP contribution in [0.25, 0.3) is 16.9 Å². The van der Waals surface area contributed by atoms with E-state index in [2.05, 4.69) is 17.6 Å². The van der Waals surface area contributed by atoms with Crippen molar-refractivity contribution in [3.8, 4) is 22.7 Å². The summed E-state index contributed by atoms with van der Waals surface area (Å²) in [5.74, 6) is 0.923. The number of ether oxygens (including phenoxy) is 1. The molecule has 0 radical (unpaired) electrons. The lowest BCUT2D eigenvalue weighted by atomic mass is 10.1. The van der Waals surface area contributed by atoms with Gasteiger partial charge in [-0.25, -0.2) is 9.48 Å². The van der Waals surface area contributed by atoms with Gasteiger partial charge in [-0.05, 0) is 61.7 Å². The van der Waals surface area contributed by atoms with Gasteiger partial charge in [-0.15, -0.1) is 0 Å². The molecule has 0 spiro atoms. The number of methoxy groups -OCH3 is 1. The first-order chi connectivity index (χ1) is 18.9. The second-order valence-corrected chi connectivity index (χ2v) is 9.39. The molecule has 1 heterocycles. The summed E-state index contributed by atoms with van der Waals surface area (Å²) in [4.78, 5) is 28.1. The summed E-state index contributed by atoms with van der Waals surface area (Å²) in [6, 6.07) is 24.5. The van der Waals surface area contributed by atoms with E-state index in [1.54, 1.807) is 16.7 Å². The summed E-state index contributed by atoms with van der Waals surface area (Å²) in [5.41, 5.74) is 5.25. The molecule has 3 aromatic carbocycles. The number of rotatable bonds is 10. The third kappa shape index (κ3) is 6.84. The largest absolute Gasteiger partial charge is 0.497 e. The maximum absolute atomic E-state index is 13.3. The Labute approximate surface area is 229 Å². The Morgan fingerprint density at radius 3 is 2.38 bits per heavy atom. The average molecular weight is 526 g/mol. The lowest BCUT2D eigenvalue weighted by molar-refractivity contribution is -0.116. The molecule has 0 aliphatic rings. The first-order valence-electron chi connectivity index (χ1n) is 13.1. The molecule has 39 heavy (non-hydrogen) atoms. The van der Waals surface area contributed by atoms with Gasteiger partial charge >= 0.3 is 6.03 Å². The second kappa shape index (κ2) is 12.8. The SMILES string of the molecule is CCCCN(CC(=O)Nc1cc(-c2ccccc2)nn1-c1ccc(OC)cc1)C(=O)Nc1cccc(C)c1C. The van der Waals surface area contributed by atoms with Gasteiger partial charge in [0.25, 0.3) is 0 Å². The maximum atomic E-state index is 13.3. The molecule has 0 saturated heterocycles. The van der Waals surface area contributed by atoms with E-state index in [4.69, 9.17) is 9.84 Å². The number of aryl methyl sites for hydroxylation is 1. The predicted octanol–water partition coefficient (Wildman–Crippen LogP) is 6.44. The minimum absolute atomic E-state index is 0.0921. The fourth-order valence-electron chi connectivity index (χ4n) is 4.18. The first kappa shape index (κ1) is 27.4. The molecule has 0 bridgehead atoms. The zero-order chi connectivity index (χ0) is 27.8. The van der Waals surface area contributed by atoms with E-state index in [9.17, 15) is 9.59 Å². The van der Waals surface area contributed by atoms with Crippen LogP contribution in [0.15, 0.2) is 78.9 Å². The van der Waals surface area contributed by atoms with Crippen molar-refractivity contribution in [1.82, 2.24) is 14.7 Å². The predicted molar refractivity (Wildman–Crippen MR) is 156 cm³/mol. The van der Waals surface area contributed by atoms with Gasteiger partial charge in [-0.2, -0.15) is 5.10 Å². The number of aromatic nitrogens is 2. The van der Waals surface area contributed by atoms with Crippen LogP contribution in [0, 0.1) is 13.8 Å². The van der Waals surface area contributed by atoms with Crippen LogP contribution in [0.1, 0.15) is 30.9 Å². The van der Waals surface area contributed by atoms with Crippen molar-refractivity contribution in [2.24, 2.45) is 0 Å². The Kier molecular flexibility index (Phi) is 8.99. The third-order valence-corrected chi connectivity index (χ3v) is 6.61. The summed E-state index contributed by atoms with van der Waals surface area (Å²) in [6.07, 6.45) is 1.69. The van der Waals surface area contributed by atoms with E-state index >= 15 is 0 Å². The second-order valence-electron chi connectivity index (χ2n) is 9.39. The molecule has 0 unspecified atom stereocenters. The number of carbonyl (C=O) groups is 2. The van der Waals surface area contributed by atoms with Crippen LogP contribution in [0.5, 0.6) is 5.75 Å². The van der Waals surface area contributed by atoms with E-state index in [-0.39, 0.29) is 18.5 Å². The van der Waals surface area contributed by atoms with E-state index in [1.807, 2.05) is 92.7 Å². The number of anilines is 2. The number of nitrogens with zero attached hydrogens (tertiary/aromatic N) is 3. The van der Waals surface area contributed by atoms with Crippen LogP contribution in [0.3, 0.4) is 0 Å². The quantitative estimate of drug-likeness (QED) is 0.249. The number of hydrogen-bond donors (Lipinski definition) is 2. The van der Waals surface area contributed by atoms with Crippen molar-refractivity contribution < 1.29 is 14.3 Å². The van der Waals surface area contributed by atoms with Crippen LogP contribution in [-0.4, -0.2) is 46.8 Å². The highest BCUT2D eigenvalue weighted by Crippen LogP contribution is 2.26. The van der Waals surface area contributed by atoms with Crippen LogP contribution in [0.2, 0.25) is 0 Å². The van der Waals surface area contributed by atoms with Crippen molar-refractivity contribution in [3.63, 3.8) is 0 Å². The summed E-state index contributed by atoms with van der Waals surface area (Å²) in [5, 5.41) is 10.7. The fraction of sp³-hybridized carbons (Fsp3) is 0.258. The number of amides is 3. The molecule has 4 aromatic rings. The van der Waals surface area contributed by atoms with Gasteiger partial charge in [0.05, 0.1) is 18.5 Å². The Balaban J connectivity index is 1.57. The van der Waals surface area contributed by atoms with E-state index < -0.39 is 0 Å². The molecule has 8 nitrogen and oxygen atoms in total. The van der Waals surface area contributed by atoms with Gasteiger partial charge in [0.1, 0.15) is 18.1 Å². The van der Waals surface area contributed by atoms with Crippen LogP contribution in [-0.2, 0) is 4.79 Å². The molecule has 4 rings (SSSR count). The van der Waals surface area contributed by atoms with E-state index in [1.165, 1.54) is 0 Å². The normalized spacial score (nSPS) is 10.7. The third-order valence-electron chi connectivity index (χ3n) is 6.61. The van der Waals surface area contributed by atoms with Crippen molar-refractivity contribution in [2.45, 2.75) is 33.6 Å². The molecule has 0 saturated carbocycles. The Morgan fingerprint density at radius 2 is 1.69 bits per heavy atom. The number of hydrogen-bond acceptors (Lipinski definition) is 4. The zero-order valence-corrected chi connectivity index (χ0v) is 22.9. The summed E-state index contributed by atoms with van der Waals surface area (Å²) in [7, 11) is 1.61. The van der Waals surface area contributed by atoms with Gasteiger partial charge in [-0.3, -0.25) is 4.79 Å². The lowest BCUT2D eigenvalue weighted by Gasteiger charge is -2.23. The van der Waals surface area contributed by atoms with Gasteiger partial charge in [-0.1, -0.05) is 55.8 Å². The molecule has 8 heteroatoms. The highest BCUT2D eigenvalue weighted by Gasteiger charge is 2.20. The minimum Gasteiger partial charge on any atom is -0.497 e. The van der Waals surface area contributed by atoms with Crippen LogP contribution < -0.4 is 15.4 Å². The molecule has 2 N–H and O–H groups in total. The summed E-state index contributed by atoms with van der Waals surface area (Å²) < 4.78 is 6.97. The van der Waals surface area contributed by atoms with Crippen molar-refractivity contribution in [1.29, 1.82) is 0 Å². The maximum Gasteiger partial charge on any atom is 0.322 e. The molecule has 0 fully saturated rings. The first-order valence-corrected chi connectivity index (χ1v) is 13.1. The van der Waals surface area contributed by atoms with Gasteiger partial charge in [0.15, 0.2) is 0 Å².